The molecule has 1 amide bonds. The minimum Gasteiger partial charge on any atom is -0.346 e. The summed E-state index contributed by atoms with van der Waals surface area (Å²) in [5.74, 6) is -0.126. The number of allylic oxidation sites excluding steroid dienone is 4. The van der Waals surface area contributed by atoms with Crippen LogP contribution in [-0.4, -0.2) is 31.8 Å². The second kappa shape index (κ2) is 8.61. The van der Waals surface area contributed by atoms with Gasteiger partial charge in [0, 0.05) is 30.5 Å². The number of carbonyl (C=O) groups is 1. The van der Waals surface area contributed by atoms with Crippen molar-refractivity contribution in [2.24, 2.45) is 4.99 Å². The number of nitrogens with zero attached hydrogens (tertiary/aromatic N) is 2. The molecule has 2 heterocycles. The Bertz CT molecular complexity index is 924. The highest BCUT2D eigenvalue weighted by Crippen LogP contribution is 2.30. The summed E-state index contributed by atoms with van der Waals surface area (Å²) in [5, 5.41) is 3.64. The van der Waals surface area contributed by atoms with Crippen molar-refractivity contribution in [3.8, 4) is 0 Å². The summed E-state index contributed by atoms with van der Waals surface area (Å²) in [6.45, 7) is 9.28. The van der Waals surface area contributed by atoms with Crippen LogP contribution >= 0.6 is 11.6 Å². The molecular weight excluding hydrogens is 370 g/mol. The molecule has 0 saturated carbocycles. The SMILES string of the molecule is C=C1C(CC(C)=CC=C(C)C2=CC=NCC2)NC(=O)c2cc(Cl)ccc2N1C. The lowest BCUT2D eigenvalue weighted by Gasteiger charge is -2.26. The average Bonchev–Trinajstić information content (AvgIpc) is 2.78. The van der Waals surface area contributed by atoms with Crippen LogP contribution in [0.4, 0.5) is 5.69 Å². The standard InChI is InChI=1S/C23H26ClN3O/c1-15(5-6-16(2)18-9-11-25-12-10-18)13-21-17(3)27(4)22-8-7-19(24)14-20(22)23(28)26-21/h5-9,11,14,21H,3,10,12-13H2,1-2,4H3,(H,26,28). The van der Waals surface area contributed by atoms with Gasteiger partial charge in [-0.05, 0) is 62.1 Å². The van der Waals surface area contributed by atoms with Crippen molar-refractivity contribution in [1.82, 2.24) is 5.32 Å². The summed E-state index contributed by atoms with van der Waals surface area (Å²) in [4.78, 5) is 18.9. The Labute approximate surface area is 172 Å². The largest absolute Gasteiger partial charge is 0.346 e. The number of hydrogen-bond acceptors (Lipinski definition) is 3. The van der Waals surface area contributed by atoms with Gasteiger partial charge in [-0.1, -0.05) is 35.9 Å². The fraction of sp³-hybridized carbons (Fsp3) is 0.304. The van der Waals surface area contributed by atoms with Gasteiger partial charge in [0.15, 0.2) is 0 Å². The van der Waals surface area contributed by atoms with Gasteiger partial charge in [0.1, 0.15) is 0 Å². The predicted molar refractivity (Wildman–Crippen MR) is 118 cm³/mol. The number of anilines is 1. The zero-order chi connectivity index (χ0) is 20.3. The van der Waals surface area contributed by atoms with E-state index >= 15 is 0 Å². The lowest BCUT2D eigenvalue weighted by atomic mass is 10.00. The Morgan fingerprint density at radius 2 is 2.18 bits per heavy atom. The second-order valence-electron chi connectivity index (χ2n) is 7.30. The highest BCUT2D eigenvalue weighted by Gasteiger charge is 2.27. The van der Waals surface area contributed by atoms with E-state index in [1.165, 1.54) is 16.7 Å². The number of likely N-dealkylation sites (N-methyl/N-ethyl adjacent to an activating group) is 1. The van der Waals surface area contributed by atoms with Crippen LogP contribution in [0.1, 0.15) is 37.0 Å². The first kappa shape index (κ1) is 20.2. The molecule has 2 aliphatic heterocycles. The van der Waals surface area contributed by atoms with E-state index in [1.807, 2.05) is 24.2 Å². The Morgan fingerprint density at radius 3 is 2.89 bits per heavy atom. The van der Waals surface area contributed by atoms with Crippen molar-refractivity contribution >= 4 is 29.4 Å². The highest BCUT2D eigenvalue weighted by atomic mass is 35.5. The fourth-order valence-corrected chi connectivity index (χ4v) is 3.61. The molecule has 146 valence electrons. The van der Waals surface area contributed by atoms with Gasteiger partial charge in [0.2, 0.25) is 0 Å². The van der Waals surface area contributed by atoms with Gasteiger partial charge in [-0.2, -0.15) is 0 Å². The van der Waals surface area contributed by atoms with Crippen LogP contribution in [0.5, 0.6) is 0 Å². The van der Waals surface area contributed by atoms with Gasteiger partial charge in [-0.25, -0.2) is 0 Å². The smallest absolute Gasteiger partial charge is 0.253 e. The minimum absolute atomic E-state index is 0.126. The van der Waals surface area contributed by atoms with Crippen molar-refractivity contribution in [2.45, 2.75) is 32.7 Å². The summed E-state index contributed by atoms with van der Waals surface area (Å²) in [7, 11) is 1.93. The van der Waals surface area contributed by atoms with E-state index in [0.717, 1.165) is 24.4 Å². The number of fused-ring (bicyclic) bond motifs is 1. The Balaban J connectivity index is 1.77. The first-order chi connectivity index (χ1) is 13.4. The summed E-state index contributed by atoms with van der Waals surface area (Å²) < 4.78 is 0. The number of hydrogen-bond donors (Lipinski definition) is 1. The quantitative estimate of drug-likeness (QED) is 0.722. The fourth-order valence-electron chi connectivity index (χ4n) is 3.44. The number of aliphatic imine (C=N–C) groups is 1. The number of carbonyl (C=O) groups excluding carboxylic acids is 1. The normalized spacial score (nSPS) is 20.5. The number of rotatable bonds is 4. The van der Waals surface area contributed by atoms with Gasteiger partial charge in [-0.15, -0.1) is 0 Å². The van der Waals surface area contributed by atoms with Crippen LogP contribution in [0.2, 0.25) is 5.02 Å². The maximum Gasteiger partial charge on any atom is 0.253 e. The molecule has 0 bridgehead atoms. The van der Waals surface area contributed by atoms with Gasteiger partial charge in [0.05, 0.1) is 17.3 Å². The summed E-state index contributed by atoms with van der Waals surface area (Å²) in [6.07, 6.45) is 9.88. The van der Waals surface area contributed by atoms with E-state index in [1.54, 1.807) is 12.1 Å². The summed E-state index contributed by atoms with van der Waals surface area (Å²) in [5.41, 5.74) is 5.98. The van der Waals surface area contributed by atoms with E-state index in [0.29, 0.717) is 17.0 Å². The van der Waals surface area contributed by atoms with Crippen LogP contribution in [0.15, 0.2) is 70.4 Å². The first-order valence-electron chi connectivity index (χ1n) is 9.43. The molecule has 1 aromatic carbocycles. The van der Waals surface area contributed by atoms with Crippen molar-refractivity contribution in [1.29, 1.82) is 0 Å². The van der Waals surface area contributed by atoms with Gasteiger partial charge in [-0.3, -0.25) is 9.79 Å². The van der Waals surface area contributed by atoms with Crippen LogP contribution in [-0.2, 0) is 0 Å². The number of amides is 1. The maximum absolute atomic E-state index is 12.7. The molecule has 1 atom stereocenters. The van der Waals surface area contributed by atoms with E-state index in [-0.39, 0.29) is 11.9 Å². The zero-order valence-electron chi connectivity index (χ0n) is 16.6. The van der Waals surface area contributed by atoms with Crippen LogP contribution in [0.25, 0.3) is 0 Å². The summed E-state index contributed by atoms with van der Waals surface area (Å²) in [6, 6.07) is 5.19. The minimum atomic E-state index is -0.172. The number of dihydropyridines is 1. The van der Waals surface area contributed by atoms with E-state index in [9.17, 15) is 4.79 Å². The summed E-state index contributed by atoms with van der Waals surface area (Å²) >= 11 is 6.09. The van der Waals surface area contributed by atoms with Crippen LogP contribution < -0.4 is 10.2 Å². The molecule has 0 saturated heterocycles. The monoisotopic (exact) mass is 395 g/mol. The van der Waals surface area contributed by atoms with Gasteiger partial charge in [0.25, 0.3) is 5.91 Å². The lowest BCUT2D eigenvalue weighted by Crippen LogP contribution is -2.37. The number of nitrogens with one attached hydrogen (secondary N) is 1. The number of halogens is 1. The zero-order valence-corrected chi connectivity index (χ0v) is 17.4. The molecule has 0 radical (unpaired) electrons. The lowest BCUT2D eigenvalue weighted by molar-refractivity contribution is 0.0945. The molecule has 0 aromatic heterocycles. The molecule has 1 N–H and O–H groups in total. The molecule has 0 aliphatic carbocycles. The highest BCUT2D eigenvalue weighted by molar-refractivity contribution is 6.31. The first-order valence-corrected chi connectivity index (χ1v) is 9.81. The van der Waals surface area contributed by atoms with Crippen molar-refractivity contribution in [3.63, 3.8) is 0 Å². The third-order valence-electron chi connectivity index (χ3n) is 5.24. The predicted octanol–water partition coefficient (Wildman–Crippen LogP) is 5.09. The molecule has 0 spiro atoms. The Kier molecular flexibility index (Phi) is 6.20. The Morgan fingerprint density at radius 1 is 1.39 bits per heavy atom. The van der Waals surface area contributed by atoms with E-state index in [4.69, 9.17) is 11.6 Å². The molecule has 0 fully saturated rings. The maximum atomic E-state index is 12.7. The van der Waals surface area contributed by atoms with E-state index in [2.05, 4.69) is 49.0 Å². The van der Waals surface area contributed by atoms with Crippen molar-refractivity contribution in [2.75, 3.05) is 18.5 Å². The van der Waals surface area contributed by atoms with Crippen LogP contribution in [0.3, 0.4) is 0 Å². The molecule has 5 heteroatoms. The molecule has 28 heavy (non-hydrogen) atoms. The molecule has 1 aromatic rings. The van der Waals surface area contributed by atoms with Crippen molar-refractivity contribution in [3.05, 3.63) is 76.0 Å². The molecular formula is C23H26ClN3O. The average molecular weight is 396 g/mol. The molecule has 4 nitrogen and oxygen atoms in total. The Hall–Kier alpha value is -2.59. The van der Waals surface area contributed by atoms with Crippen molar-refractivity contribution < 1.29 is 4.79 Å². The van der Waals surface area contributed by atoms with Gasteiger partial charge < -0.3 is 10.2 Å². The molecule has 3 rings (SSSR count). The second-order valence-corrected chi connectivity index (χ2v) is 7.74. The third-order valence-corrected chi connectivity index (χ3v) is 5.48. The molecule has 1 unspecified atom stereocenters. The topological polar surface area (TPSA) is 44.7 Å². The van der Waals surface area contributed by atoms with E-state index < -0.39 is 0 Å². The van der Waals surface area contributed by atoms with Crippen LogP contribution in [0, 0.1) is 0 Å². The third kappa shape index (κ3) is 4.45. The number of benzene rings is 1. The molecule has 2 aliphatic rings. The van der Waals surface area contributed by atoms with Gasteiger partial charge >= 0.3 is 0 Å².